The molecule has 1 saturated heterocycles. The molecule has 5 nitrogen and oxygen atoms in total. The number of carbonyl (C=O) groups is 1. The summed E-state index contributed by atoms with van der Waals surface area (Å²) in [5.74, 6) is -2.12. The van der Waals surface area contributed by atoms with E-state index in [-0.39, 0.29) is 36.8 Å². The zero-order valence-corrected chi connectivity index (χ0v) is 15.8. The number of hydrogen-bond donors (Lipinski definition) is 0. The van der Waals surface area contributed by atoms with Crippen molar-refractivity contribution in [3.8, 4) is 0 Å². The molecular formula is C18H17ClF2N2O3S. The third-order valence-corrected chi connectivity index (χ3v) is 6.59. The van der Waals surface area contributed by atoms with Gasteiger partial charge in [-0.2, -0.15) is 4.31 Å². The molecule has 0 unspecified atom stereocenters. The van der Waals surface area contributed by atoms with E-state index >= 15 is 0 Å². The van der Waals surface area contributed by atoms with Gasteiger partial charge in [-0.1, -0.05) is 29.8 Å². The Morgan fingerprint density at radius 3 is 2.44 bits per heavy atom. The van der Waals surface area contributed by atoms with Gasteiger partial charge in [0.05, 0.1) is 10.6 Å². The van der Waals surface area contributed by atoms with Gasteiger partial charge in [0, 0.05) is 26.2 Å². The van der Waals surface area contributed by atoms with Gasteiger partial charge < -0.3 is 4.90 Å². The van der Waals surface area contributed by atoms with Crippen molar-refractivity contribution < 1.29 is 22.0 Å². The number of sulfonamides is 1. The normalized spacial score (nSPS) is 16.2. The van der Waals surface area contributed by atoms with Crippen LogP contribution in [0.25, 0.3) is 0 Å². The van der Waals surface area contributed by atoms with Gasteiger partial charge in [0.25, 0.3) is 5.91 Å². The second kappa shape index (κ2) is 7.92. The topological polar surface area (TPSA) is 57.7 Å². The lowest BCUT2D eigenvalue weighted by molar-refractivity contribution is 0.0759. The first-order chi connectivity index (χ1) is 12.8. The van der Waals surface area contributed by atoms with Crippen LogP contribution in [0.15, 0.2) is 47.4 Å². The second-order valence-corrected chi connectivity index (χ2v) is 8.40. The van der Waals surface area contributed by atoms with Crippen molar-refractivity contribution in [2.45, 2.75) is 11.3 Å². The summed E-state index contributed by atoms with van der Waals surface area (Å²) in [7, 11) is -4.10. The first-order valence-electron chi connectivity index (χ1n) is 8.30. The number of carbonyl (C=O) groups excluding carboxylic acids is 1. The minimum absolute atomic E-state index is 0.0194. The Balaban J connectivity index is 1.79. The van der Waals surface area contributed by atoms with Gasteiger partial charge in [-0.05, 0) is 30.7 Å². The number of nitrogens with zero attached hydrogens (tertiary/aromatic N) is 2. The molecule has 27 heavy (non-hydrogen) atoms. The Labute approximate surface area is 161 Å². The van der Waals surface area contributed by atoms with Crippen LogP contribution in [0.5, 0.6) is 0 Å². The van der Waals surface area contributed by atoms with Crippen molar-refractivity contribution >= 4 is 27.5 Å². The molecule has 0 N–H and O–H groups in total. The predicted octanol–water partition coefficient (Wildman–Crippen LogP) is 3.16. The van der Waals surface area contributed by atoms with Gasteiger partial charge in [0.15, 0.2) is 5.82 Å². The van der Waals surface area contributed by atoms with Crippen LogP contribution in [-0.2, 0) is 10.0 Å². The highest BCUT2D eigenvalue weighted by Gasteiger charge is 2.31. The lowest BCUT2D eigenvalue weighted by Crippen LogP contribution is -2.37. The predicted molar refractivity (Wildman–Crippen MR) is 97.1 cm³/mol. The van der Waals surface area contributed by atoms with E-state index in [0.29, 0.717) is 6.42 Å². The SMILES string of the molecule is O=C(c1ccccc1F)N1CCCN(S(=O)(=O)c2cccc(Cl)c2F)CC1. The Hall–Kier alpha value is -2.03. The van der Waals surface area contributed by atoms with E-state index in [1.54, 1.807) is 6.07 Å². The summed E-state index contributed by atoms with van der Waals surface area (Å²) >= 11 is 5.69. The number of rotatable bonds is 3. The lowest BCUT2D eigenvalue weighted by atomic mass is 10.2. The van der Waals surface area contributed by atoms with E-state index in [4.69, 9.17) is 11.6 Å². The first kappa shape index (κ1) is 19.7. The first-order valence-corrected chi connectivity index (χ1v) is 10.1. The third kappa shape index (κ3) is 3.97. The fourth-order valence-corrected chi connectivity index (χ4v) is 4.75. The number of amides is 1. The van der Waals surface area contributed by atoms with Crippen molar-refractivity contribution in [3.63, 3.8) is 0 Å². The van der Waals surface area contributed by atoms with Crippen molar-refractivity contribution in [2.75, 3.05) is 26.2 Å². The molecule has 1 aliphatic rings. The van der Waals surface area contributed by atoms with Gasteiger partial charge in [-0.15, -0.1) is 0 Å². The lowest BCUT2D eigenvalue weighted by Gasteiger charge is -2.22. The van der Waals surface area contributed by atoms with Crippen LogP contribution in [-0.4, -0.2) is 49.7 Å². The van der Waals surface area contributed by atoms with E-state index < -0.39 is 32.5 Å². The summed E-state index contributed by atoms with van der Waals surface area (Å²) < 4.78 is 54.7. The van der Waals surface area contributed by atoms with Crippen LogP contribution in [0.3, 0.4) is 0 Å². The maximum absolute atomic E-state index is 14.2. The van der Waals surface area contributed by atoms with Crippen molar-refractivity contribution in [2.24, 2.45) is 0 Å². The summed E-state index contributed by atoms with van der Waals surface area (Å²) in [4.78, 5) is 13.4. The highest BCUT2D eigenvalue weighted by Crippen LogP contribution is 2.25. The molecule has 3 rings (SSSR count). The number of hydrogen-bond acceptors (Lipinski definition) is 3. The fourth-order valence-electron chi connectivity index (χ4n) is 2.96. The third-order valence-electron chi connectivity index (χ3n) is 4.38. The minimum Gasteiger partial charge on any atom is -0.337 e. The number of halogens is 3. The fraction of sp³-hybridized carbons (Fsp3) is 0.278. The molecule has 0 aromatic heterocycles. The Morgan fingerprint density at radius 2 is 1.70 bits per heavy atom. The monoisotopic (exact) mass is 414 g/mol. The Bertz CT molecular complexity index is 969. The Kier molecular flexibility index (Phi) is 5.78. The summed E-state index contributed by atoms with van der Waals surface area (Å²) in [6.45, 7) is 0.454. The largest absolute Gasteiger partial charge is 0.337 e. The van der Waals surface area contributed by atoms with Gasteiger partial charge in [0.2, 0.25) is 10.0 Å². The molecule has 1 aliphatic heterocycles. The van der Waals surface area contributed by atoms with Gasteiger partial charge in [-0.25, -0.2) is 17.2 Å². The van der Waals surface area contributed by atoms with Crippen LogP contribution in [0.1, 0.15) is 16.8 Å². The van der Waals surface area contributed by atoms with E-state index in [2.05, 4.69) is 0 Å². The minimum atomic E-state index is -4.10. The molecule has 144 valence electrons. The molecule has 9 heteroatoms. The van der Waals surface area contributed by atoms with Crippen molar-refractivity contribution in [1.29, 1.82) is 0 Å². The number of benzene rings is 2. The molecule has 0 saturated carbocycles. The van der Waals surface area contributed by atoms with Crippen molar-refractivity contribution in [1.82, 2.24) is 9.21 Å². The van der Waals surface area contributed by atoms with Crippen LogP contribution in [0.4, 0.5) is 8.78 Å². The highest BCUT2D eigenvalue weighted by molar-refractivity contribution is 7.89. The summed E-state index contributed by atoms with van der Waals surface area (Å²) in [5, 5.41) is -0.276. The molecule has 0 atom stereocenters. The van der Waals surface area contributed by atoms with Crippen LogP contribution < -0.4 is 0 Å². The molecule has 2 aromatic rings. The average Bonchev–Trinajstić information content (AvgIpc) is 2.90. The highest BCUT2D eigenvalue weighted by atomic mass is 35.5. The van der Waals surface area contributed by atoms with Crippen LogP contribution in [0.2, 0.25) is 5.02 Å². The maximum atomic E-state index is 14.2. The second-order valence-electron chi connectivity index (χ2n) is 6.08. The van der Waals surface area contributed by atoms with E-state index in [9.17, 15) is 22.0 Å². The summed E-state index contributed by atoms with van der Waals surface area (Å²) in [6.07, 6.45) is 0.349. The molecule has 1 heterocycles. The van der Waals surface area contributed by atoms with E-state index in [1.165, 1.54) is 35.2 Å². The summed E-state index contributed by atoms with van der Waals surface area (Å²) in [6, 6.07) is 9.43. The van der Waals surface area contributed by atoms with Crippen LogP contribution in [0, 0.1) is 11.6 Å². The maximum Gasteiger partial charge on any atom is 0.256 e. The zero-order chi connectivity index (χ0) is 19.6. The zero-order valence-electron chi connectivity index (χ0n) is 14.2. The molecule has 0 aliphatic carbocycles. The molecule has 1 fully saturated rings. The standard InChI is InChI=1S/C18H17ClF2N2O3S/c19-14-6-3-8-16(17(14)21)27(25,26)23-10-4-9-22(11-12-23)18(24)13-5-1-2-7-15(13)20/h1-3,5-8H,4,9-12H2. The van der Waals surface area contributed by atoms with E-state index in [0.717, 1.165) is 10.4 Å². The van der Waals surface area contributed by atoms with Crippen molar-refractivity contribution in [3.05, 3.63) is 64.7 Å². The molecule has 0 radical (unpaired) electrons. The molecule has 0 bridgehead atoms. The van der Waals surface area contributed by atoms with Gasteiger partial charge in [0.1, 0.15) is 10.7 Å². The quantitative estimate of drug-likeness (QED) is 0.775. The molecular weight excluding hydrogens is 398 g/mol. The Morgan fingerprint density at radius 1 is 0.963 bits per heavy atom. The average molecular weight is 415 g/mol. The van der Waals surface area contributed by atoms with Gasteiger partial charge >= 0.3 is 0 Å². The molecule has 2 aromatic carbocycles. The summed E-state index contributed by atoms with van der Waals surface area (Å²) in [5.41, 5.74) is -0.0605. The van der Waals surface area contributed by atoms with E-state index in [1.807, 2.05) is 0 Å². The van der Waals surface area contributed by atoms with Crippen LogP contribution >= 0.6 is 11.6 Å². The smallest absolute Gasteiger partial charge is 0.256 e. The van der Waals surface area contributed by atoms with Gasteiger partial charge in [-0.3, -0.25) is 4.79 Å². The molecule has 1 amide bonds. The molecule has 0 spiro atoms.